The standard InChI is InChI=1S/C14H26N4/c15-17-14(16-12-6-2-3-7-12)18-10-9-11-5-1-4-8-13(11)18/h11-13H,1-10,15H2,(H,16,17). The van der Waals surface area contributed by atoms with Crippen LogP contribution in [-0.2, 0) is 0 Å². The first kappa shape index (κ1) is 12.3. The topological polar surface area (TPSA) is 53.6 Å². The molecule has 0 aromatic rings. The molecule has 2 aliphatic carbocycles. The number of hydrazine groups is 1. The van der Waals surface area contributed by atoms with E-state index in [1.807, 2.05) is 0 Å². The number of fused-ring (bicyclic) bond motifs is 1. The normalized spacial score (nSPS) is 33.8. The minimum Gasteiger partial charge on any atom is -0.339 e. The van der Waals surface area contributed by atoms with Gasteiger partial charge in [0, 0.05) is 12.6 Å². The first-order valence-corrected chi connectivity index (χ1v) is 7.69. The molecule has 102 valence electrons. The second-order valence-electron chi connectivity index (χ2n) is 6.13. The lowest BCUT2D eigenvalue weighted by molar-refractivity contribution is 0.248. The van der Waals surface area contributed by atoms with Crippen LogP contribution in [0.5, 0.6) is 0 Å². The summed E-state index contributed by atoms with van der Waals surface area (Å²) in [7, 11) is 0. The Balaban J connectivity index is 1.70. The van der Waals surface area contributed by atoms with Gasteiger partial charge < -0.3 is 4.90 Å². The number of hydrogen-bond donors (Lipinski definition) is 2. The molecule has 0 aromatic heterocycles. The molecule has 3 fully saturated rings. The van der Waals surface area contributed by atoms with E-state index >= 15 is 0 Å². The van der Waals surface area contributed by atoms with Crippen LogP contribution in [-0.4, -0.2) is 29.5 Å². The zero-order valence-corrected chi connectivity index (χ0v) is 11.3. The van der Waals surface area contributed by atoms with Crippen LogP contribution >= 0.6 is 0 Å². The summed E-state index contributed by atoms with van der Waals surface area (Å²) in [4.78, 5) is 7.33. The molecule has 2 atom stereocenters. The van der Waals surface area contributed by atoms with Gasteiger partial charge in [-0.3, -0.25) is 5.43 Å². The molecule has 2 unspecified atom stereocenters. The van der Waals surface area contributed by atoms with Crippen LogP contribution < -0.4 is 11.3 Å². The molecule has 0 aromatic carbocycles. The molecule has 0 bridgehead atoms. The van der Waals surface area contributed by atoms with Crippen molar-refractivity contribution < 1.29 is 0 Å². The van der Waals surface area contributed by atoms with E-state index in [1.165, 1.54) is 57.8 Å². The van der Waals surface area contributed by atoms with Crippen molar-refractivity contribution in [3.05, 3.63) is 0 Å². The highest BCUT2D eigenvalue weighted by atomic mass is 15.4. The van der Waals surface area contributed by atoms with E-state index in [0.29, 0.717) is 12.1 Å². The highest BCUT2D eigenvalue weighted by Crippen LogP contribution is 2.36. The van der Waals surface area contributed by atoms with Crippen molar-refractivity contribution in [3.8, 4) is 0 Å². The van der Waals surface area contributed by atoms with Crippen molar-refractivity contribution in [1.82, 2.24) is 10.3 Å². The number of hydrogen-bond acceptors (Lipinski definition) is 2. The van der Waals surface area contributed by atoms with E-state index in [4.69, 9.17) is 10.8 Å². The van der Waals surface area contributed by atoms with Gasteiger partial charge in [-0.2, -0.15) is 0 Å². The summed E-state index contributed by atoms with van der Waals surface area (Å²) in [6.07, 6.45) is 12.0. The molecular formula is C14H26N4. The van der Waals surface area contributed by atoms with E-state index in [9.17, 15) is 0 Å². The summed E-state index contributed by atoms with van der Waals surface area (Å²) in [5, 5.41) is 0. The van der Waals surface area contributed by atoms with Crippen LogP contribution in [0.15, 0.2) is 4.99 Å². The molecule has 1 heterocycles. The molecule has 3 rings (SSSR count). The van der Waals surface area contributed by atoms with Crippen LogP contribution in [0.1, 0.15) is 57.8 Å². The number of nitrogens with two attached hydrogens (primary N) is 1. The van der Waals surface area contributed by atoms with Gasteiger partial charge in [-0.25, -0.2) is 10.8 Å². The minimum atomic E-state index is 0.513. The quantitative estimate of drug-likeness (QED) is 0.324. The van der Waals surface area contributed by atoms with Crippen LogP contribution in [0.2, 0.25) is 0 Å². The first-order chi connectivity index (χ1) is 8.88. The smallest absolute Gasteiger partial charge is 0.208 e. The second kappa shape index (κ2) is 5.47. The highest BCUT2D eigenvalue weighted by molar-refractivity contribution is 5.80. The lowest BCUT2D eigenvalue weighted by Crippen LogP contribution is -2.49. The van der Waals surface area contributed by atoms with E-state index < -0.39 is 0 Å². The molecule has 2 saturated carbocycles. The monoisotopic (exact) mass is 250 g/mol. The van der Waals surface area contributed by atoms with Crippen LogP contribution in [0.25, 0.3) is 0 Å². The Morgan fingerprint density at radius 3 is 2.50 bits per heavy atom. The lowest BCUT2D eigenvalue weighted by Gasteiger charge is -2.33. The third-order valence-electron chi connectivity index (χ3n) is 5.04. The zero-order valence-electron chi connectivity index (χ0n) is 11.3. The van der Waals surface area contributed by atoms with Crippen molar-refractivity contribution in [2.24, 2.45) is 16.8 Å². The van der Waals surface area contributed by atoms with Gasteiger partial charge in [-0.05, 0) is 38.0 Å². The fraction of sp³-hybridized carbons (Fsp3) is 0.929. The minimum absolute atomic E-state index is 0.513. The summed E-state index contributed by atoms with van der Waals surface area (Å²) in [6, 6.07) is 1.22. The average Bonchev–Trinajstić information content (AvgIpc) is 3.05. The number of aliphatic imine (C=N–C) groups is 1. The Hall–Kier alpha value is -0.770. The second-order valence-corrected chi connectivity index (χ2v) is 6.13. The van der Waals surface area contributed by atoms with Crippen molar-refractivity contribution in [3.63, 3.8) is 0 Å². The molecule has 0 radical (unpaired) electrons. The zero-order chi connectivity index (χ0) is 12.4. The summed E-state index contributed by atoms with van der Waals surface area (Å²) < 4.78 is 0. The fourth-order valence-electron chi connectivity index (χ4n) is 4.07. The number of nitrogens with zero attached hydrogens (tertiary/aromatic N) is 2. The maximum absolute atomic E-state index is 5.73. The molecule has 1 aliphatic heterocycles. The Labute approximate surface area is 110 Å². The molecular weight excluding hydrogens is 224 g/mol. The summed E-state index contributed by atoms with van der Waals surface area (Å²) in [6.45, 7) is 1.14. The summed E-state index contributed by atoms with van der Waals surface area (Å²) in [5.41, 5.74) is 2.88. The number of rotatable bonds is 1. The Bertz CT molecular complexity index is 309. The molecule has 3 N–H and O–H groups in total. The van der Waals surface area contributed by atoms with Gasteiger partial charge in [0.1, 0.15) is 0 Å². The van der Waals surface area contributed by atoms with Crippen molar-refractivity contribution in [1.29, 1.82) is 0 Å². The average molecular weight is 250 g/mol. The first-order valence-electron chi connectivity index (χ1n) is 7.69. The third-order valence-corrected chi connectivity index (χ3v) is 5.04. The van der Waals surface area contributed by atoms with Crippen molar-refractivity contribution in [2.45, 2.75) is 69.9 Å². The van der Waals surface area contributed by atoms with Gasteiger partial charge in [0.25, 0.3) is 0 Å². The van der Waals surface area contributed by atoms with Crippen LogP contribution in [0.3, 0.4) is 0 Å². The van der Waals surface area contributed by atoms with Crippen molar-refractivity contribution >= 4 is 5.96 Å². The summed E-state index contributed by atoms with van der Waals surface area (Å²) in [5.74, 6) is 7.59. The van der Waals surface area contributed by atoms with Gasteiger partial charge in [-0.1, -0.05) is 25.7 Å². The molecule has 0 amide bonds. The number of likely N-dealkylation sites (tertiary alicyclic amines) is 1. The molecule has 4 nitrogen and oxygen atoms in total. The van der Waals surface area contributed by atoms with Gasteiger partial charge in [0.2, 0.25) is 5.96 Å². The van der Waals surface area contributed by atoms with Gasteiger partial charge in [0.05, 0.1) is 6.04 Å². The molecule has 1 saturated heterocycles. The molecule has 18 heavy (non-hydrogen) atoms. The Kier molecular flexibility index (Phi) is 3.73. The molecule has 3 aliphatic rings. The van der Waals surface area contributed by atoms with Crippen LogP contribution in [0, 0.1) is 5.92 Å². The van der Waals surface area contributed by atoms with E-state index in [2.05, 4.69) is 10.3 Å². The lowest BCUT2D eigenvalue weighted by atomic mass is 9.85. The summed E-state index contributed by atoms with van der Waals surface area (Å²) >= 11 is 0. The largest absolute Gasteiger partial charge is 0.339 e. The van der Waals surface area contributed by atoms with E-state index in [-0.39, 0.29) is 0 Å². The maximum Gasteiger partial charge on any atom is 0.208 e. The Morgan fingerprint density at radius 2 is 1.72 bits per heavy atom. The molecule has 0 spiro atoms. The number of guanidine groups is 1. The van der Waals surface area contributed by atoms with Gasteiger partial charge >= 0.3 is 0 Å². The van der Waals surface area contributed by atoms with Gasteiger partial charge in [-0.15, -0.1) is 0 Å². The fourth-order valence-corrected chi connectivity index (χ4v) is 4.07. The Morgan fingerprint density at radius 1 is 1.00 bits per heavy atom. The predicted octanol–water partition coefficient (Wildman–Crippen LogP) is 2.01. The SMILES string of the molecule is NNC(=NC1CCCC1)N1CCC2CCCCC21. The highest BCUT2D eigenvalue weighted by Gasteiger charge is 2.37. The van der Waals surface area contributed by atoms with E-state index in [1.54, 1.807) is 0 Å². The van der Waals surface area contributed by atoms with Crippen LogP contribution in [0.4, 0.5) is 0 Å². The van der Waals surface area contributed by atoms with Crippen molar-refractivity contribution in [2.75, 3.05) is 6.54 Å². The molecule has 4 heteroatoms. The maximum atomic E-state index is 5.73. The third kappa shape index (κ3) is 2.35. The number of nitrogens with one attached hydrogen (secondary N) is 1. The predicted molar refractivity (Wildman–Crippen MR) is 74.1 cm³/mol. The van der Waals surface area contributed by atoms with Gasteiger partial charge in [0.15, 0.2) is 0 Å². The van der Waals surface area contributed by atoms with E-state index in [0.717, 1.165) is 18.4 Å².